The van der Waals surface area contributed by atoms with Crippen LogP contribution in [-0.2, 0) is 11.4 Å². The molecule has 1 aliphatic carbocycles. The van der Waals surface area contributed by atoms with Crippen molar-refractivity contribution in [3.05, 3.63) is 70.9 Å². The van der Waals surface area contributed by atoms with E-state index in [1.165, 1.54) is 10.9 Å². The average molecular weight is 510 g/mol. The van der Waals surface area contributed by atoms with Gasteiger partial charge in [-0.3, -0.25) is 9.69 Å². The quantitative estimate of drug-likeness (QED) is 0.381. The van der Waals surface area contributed by atoms with Crippen molar-refractivity contribution in [2.45, 2.75) is 59.1 Å². The number of carboxylic acids is 1. The Morgan fingerprint density at radius 2 is 1.83 bits per heavy atom. The van der Waals surface area contributed by atoms with Gasteiger partial charge in [-0.05, 0) is 69.2 Å². The molecule has 190 valence electrons. The van der Waals surface area contributed by atoms with Crippen LogP contribution >= 0.6 is 11.6 Å². The molecule has 1 amide bonds. The van der Waals surface area contributed by atoms with E-state index >= 15 is 0 Å². The lowest BCUT2D eigenvalue weighted by molar-refractivity contribution is -0.124. The maximum Gasteiger partial charge on any atom is 0.341 e. The molecule has 0 spiro atoms. The van der Waals surface area contributed by atoms with Crippen molar-refractivity contribution in [3.63, 3.8) is 0 Å². The first-order valence-electron chi connectivity index (χ1n) is 12.4. The van der Waals surface area contributed by atoms with E-state index in [0.717, 1.165) is 31.2 Å². The van der Waals surface area contributed by atoms with Crippen molar-refractivity contribution in [2.75, 3.05) is 4.90 Å². The molecule has 4 rings (SSSR count). The van der Waals surface area contributed by atoms with Crippen LogP contribution in [0.3, 0.4) is 0 Å². The van der Waals surface area contributed by atoms with Crippen LogP contribution in [0.25, 0.3) is 5.69 Å². The van der Waals surface area contributed by atoms with Gasteiger partial charge in [-0.25, -0.2) is 9.48 Å². The first kappa shape index (κ1) is 25.8. The first-order chi connectivity index (χ1) is 17.2. The van der Waals surface area contributed by atoms with Crippen LogP contribution < -0.4 is 9.64 Å². The summed E-state index contributed by atoms with van der Waals surface area (Å²) in [6.45, 7) is 6.34. The Morgan fingerprint density at radius 3 is 2.44 bits per heavy atom. The van der Waals surface area contributed by atoms with Gasteiger partial charge in [0.1, 0.15) is 17.9 Å². The summed E-state index contributed by atoms with van der Waals surface area (Å²) in [5.41, 5.74) is 1.57. The number of anilines is 1. The summed E-state index contributed by atoms with van der Waals surface area (Å²) in [4.78, 5) is 27.2. The lowest BCUT2D eigenvalue weighted by Gasteiger charge is -2.32. The molecule has 1 aliphatic rings. The largest absolute Gasteiger partial charge is 0.487 e. The number of nitrogens with zero attached hydrogens (tertiary/aromatic N) is 3. The molecule has 0 radical (unpaired) electrons. The van der Waals surface area contributed by atoms with Gasteiger partial charge in [0.25, 0.3) is 0 Å². The van der Waals surface area contributed by atoms with Crippen LogP contribution in [-0.4, -0.2) is 32.8 Å². The molecule has 0 bridgehead atoms. The van der Waals surface area contributed by atoms with Gasteiger partial charge in [-0.15, -0.1) is 5.10 Å². The number of halogens is 1. The van der Waals surface area contributed by atoms with E-state index in [-0.39, 0.29) is 29.2 Å². The molecule has 8 heteroatoms. The predicted molar refractivity (Wildman–Crippen MR) is 140 cm³/mol. The summed E-state index contributed by atoms with van der Waals surface area (Å²) in [6, 6.07) is 14.7. The van der Waals surface area contributed by atoms with Crippen LogP contribution in [0.15, 0.2) is 54.7 Å². The van der Waals surface area contributed by atoms with Crippen molar-refractivity contribution in [1.29, 1.82) is 0 Å². The van der Waals surface area contributed by atoms with Crippen molar-refractivity contribution in [3.8, 4) is 11.4 Å². The Balaban J connectivity index is 1.60. The second kappa shape index (κ2) is 11.2. The minimum absolute atomic E-state index is 0.0262. The van der Waals surface area contributed by atoms with Crippen LogP contribution in [0.5, 0.6) is 5.75 Å². The zero-order valence-electron chi connectivity index (χ0n) is 20.9. The van der Waals surface area contributed by atoms with E-state index in [1.54, 1.807) is 23.1 Å². The monoisotopic (exact) mass is 509 g/mol. The number of hydrogen-bond acceptors (Lipinski definition) is 4. The third kappa shape index (κ3) is 5.73. The summed E-state index contributed by atoms with van der Waals surface area (Å²) >= 11 is 6.48. The summed E-state index contributed by atoms with van der Waals surface area (Å²) in [6.07, 6.45) is 5.05. The van der Waals surface area contributed by atoms with Crippen LogP contribution in [0.1, 0.15) is 62.4 Å². The predicted octanol–water partition coefficient (Wildman–Crippen LogP) is 6.37. The Labute approximate surface area is 216 Å². The topological polar surface area (TPSA) is 84.7 Å². The number of carbonyl (C=O) groups excluding carboxylic acids is 1. The molecule has 1 heterocycles. The molecular formula is C28H32ClN3O4. The Hall–Kier alpha value is -3.32. The number of hydrogen-bond donors (Lipinski definition) is 1. The summed E-state index contributed by atoms with van der Waals surface area (Å²) in [7, 11) is 0. The maximum atomic E-state index is 13.5. The summed E-state index contributed by atoms with van der Waals surface area (Å²) in [5.74, 6) is -0.0406. The van der Waals surface area contributed by atoms with Gasteiger partial charge in [-0.1, -0.05) is 48.9 Å². The number of carboxylic acid groups (broad SMARTS) is 1. The highest BCUT2D eigenvalue weighted by Gasteiger charge is 2.34. The fourth-order valence-corrected chi connectivity index (χ4v) is 4.85. The number of benzene rings is 2. The second-order valence-electron chi connectivity index (χ2n) is 9.76. The molecule has 0 unspecified atom stereocenters. The molecule has 1 aromatic heterocycles. The van der Waals surface area contributed by atoms with E-state index in [2.05, 4.69) is 12.0 Å². The third-order valence-electron chi connectivity index (χ3n) is 6.69. The van der Waals surface area contributed by atoms with Gasteiger partial charge in [0.15, 0.2) is 5.82 Å². The number of amides is 1. The zero-order chi connectivity index (χ0) is 25.8. The number of ether oxygens (including phenoxy) is 1. The molecule has 3 aromatic rings. The molecule has 2 aromatic carbocycles. The number of carbonyl (C=O) groups is 2. The van der Waals surface area contributed by atoms with E-state index in [1.807, 2.05) is 44.2 Å². The lowest BCUT2D eigenvalue weighted by atomic mass is 9.82. The number of aromatic nitrogens is 2. The molecule has 1 fully saturated rings. The second-order valence-corrected chi connectivity index (χ2v) is 10.2. The van der Waals surface area contributed by atoms with Gasteiger partial charge in [0.2, 0.25) is 5.91 Å². The van der Waals surface area contributed by atoms with Crippen LogP contribution in [0.4, 0.5) is 5.82 Å². The summed E-state index contributed by atoms with van der Waals surface area (Å²) in [5, 5.41) is 14.9. The molecule has 1 saturated carbocycles. The van der Waals surface area contributed by atoms with Crippen molar-refractivity contribution in [1.82, 2.24) is 9.78 Å². The highest BCUT2D eigenvalue weighted by molar-refractivity contribution is 6.32. The highest BCUT2D eigenvalue weighted by Crippen LogP contribution is 2.33. The SMILES string of the molecule is CC(C)N(c1nn(-c2ccc(OCc3ccccc3)c(Cl)c2)cc1C(=O)O)C(=O)[C@H]1CC[C@H](C)CC1. The van der Waals surface area contributed by atoms with E-state index in [0.29, 0.717) is 29.0 Å². The molecule has 0 saturated heterocycles. The van der Waals surface area contributed by atoms with Crippen molar-refractivity contribution >= 4 is 29.3 Å². The van der Waals surface area contributed by atoms with Crippen molar-refractivity contribution < 1.29 is 19.4 Å². The van der Waals surface area contributed by atoms with Gasteiger partial charge in [0, 0.05) is 18.2 Å². The van der Waals surface area contributed by atoms with Crippen LogP contribution in [0.2, 0.25) is 5.02 Å². The van der Waals surface area contributed by atoms with Gasteiger partial charge in [0.05, 0.1) is 10.7 Å². The normalized spacial score (nSPS) is 17.7. The van der Waals surface area contributed by atoms with Gasteiger partial charge in [-0.2, -0.15) is 0 Å². The molecule has 36 heavy (non-hydrogen) atoms. The fraction of sp³-hybridized carbons (Fsp3) is 0.393. The van der Waals surface area contributed by atoms with Crippen molar-refractivity contribution in [2.24, 2.45) is 11.8 Å². The smallest absolute Gasteiger partial charge is 0.341 e. The van der Waals surface area contributed by atoms with E-state index in [9.17, 15) is 14.7 Å². The zero-order valence-corrected chi connectivity index (χ0v) is 21.6. The maximum absolute atomic E-state index is 13.5. The van der Waals surface area contributed by atoms with Gasteiger partial charge < -0.3 is 9.84 Å². The molecule has 0 aliphatic heterocycles. The Morgan fingerprint density at radius 1 is 1.14 bits per heavy atom. The molecule has 7 nitrogen and oxygen atoms in total. The molecule has 1 N–H and O–H groups in total. The third-order valence-corrected chi connectivity index (χ3v) is 6.98. The Bertz CT molecular complexity index is 1220. The minimum atomic E-state index is -1.14. The standard InChI is InChI=1S/C28H32ClN3O4/c1-18(2)32(27(33)21-11-9-19(3)10-12-21)26-23(28(34)35)16-31(30-26)22-13-14-25(24(29)15-22)36-17-20-7-5-4-6-8-20/h4-8,13-16,18-19,21H,9-12,17H2,1-3H3,(H,34,35)/t19-,21-. The van der Waals surface area contributed by atoms with E-state index < -0.39 is 5.97 Å². The van der Waals surface area contributed by atoms with Gasteiger partial charge >= 0.3 is 5.97 Å². The molecular weight excluding hydrogens is 478 g/mol. The van der Waals surface area contributed by atoms with Crippen LogP contribution in [0, 0.1) is 11.8 Å². The fourth-order valence-electron chi connectivity index (χ4n) is 4.62. The lowest BCUT2D eigenvalue weighted by Crippen LogP contribution is -2.43. The minimum Gasteiger partial charge on any atom is -0.487 e. The Kier molecular flexibility index (Phi) is 7.99. The highest BCUT2D eigenvalue weighted by atomic mass is 35.5. The number of rotatable bonds is 8. The first-order valence-corrected chi connectivity index (χ1v) is 12.7. The molecule has 0 atom stereocenters. The summed E-state index contributed by atoms with van der Waals surface area (Å²) < 4.78 is 7.30. The average Bonchev–Trinajstić information content (AvgIpc) is 3.29. The van der Waals surface area contributed by atoms with E-state index in [4.69, 9.17) is 16.3 Å². The number of aromatic carboxylic acids is 1.